The molecule has 1 aromatic heterocycles. The maximum absolute atomic E-state index is 13.7. The number of oxazole rings is 1. The normalized spacial score (nSPS) is 14.0. The number of nitrogens with one attached hydrogen (secondary N) is 1. The van der Waals surface area contributed by atoms with Crippen molar-refractivity contribution in [2.45, 2.75) is 39.5 Å². The van der Waals surface area contributed by atoms with E-state index < -0.39 is 5.41 Å². The number of carbonyl (C=O) groups excluding carboxylic acids is 1. The van der Waals surface area contributed by atoms with Crippen LogP contribution in [0.25, 0.3) is 11.3 Å². The summed E-state index contributed by atoms with van der Waals surface area (Å²) in [7, 11) is 0. The van der Waals surface area contributed by atoms with E-state index in [1.165, 1.54) is 0 Å². The van der Waals surface area contributed by atoms with Crippen molar-refractivity contribution in [2.24, 2.45) is 11.8 Å². The minimum Gasteiger partial charge on any atom is -0.447 e. The molecule has 0 saturated carbocycles. The van der Waals surface area contributed by atoms with E-state index in [0.717, 1.165) is 23.3 Å². The Kier molecular flexibility index (Phi) is 6.56. The van der Waals surface area contributed by atoms with E-state index in [1.54, 1.807) is 6.26 Å². The Morgan fingerprint density at radius 2 is 1.83 bits per heavy atom. The van der Waals surface area contributed by atoms with Gasteiger partial charge in [-0.3, -0.25) is 4.79 Å². The summed E-state index contributed by atoms with van der Waals surface area (Å²) >= 11 is 0. The number of carbonyl (C=O) groups is 1. The van der Waals surface area contributed by atoms with Gasteiger partial charge in [0.1, 0.15) is 17.4 Å². The topological polar surface area (TPSA) is 55.1 Å². The molecule has 0 aliphatic heterocycles. The quantitative estimate of drug-likeness (QED) is 0.626. The molecule has 156 valence electrons. The van der Waals surface area contributed by atoms with E-state index in [1.807, 2.05) is 76.3 Å². The standard InChI is InChI=1S/C26H30N2O2/c1-18(2)26(19(3)4,24(29)27-20(5)21-13-11-8-12-14-21)25-28-23(17-30-25)22-15-9-6-7-10-16-22/h6,8-19H,5,7H2,1-4H3,(H,27,29). The van der Waals surface area contributed by atoms with E-state index in [9.17, 15) is 4.79 Å². The number of rotatable bonds is 7. The van der Waals surface area contributed by atoms with Crippen LogP contribution in [0.4, 0.5) is 0 Å². The fourth-order valence-electron chi connectivity index (χ4n) is 4.08. The van der Waals surface area contributed by atoms with Gasteiger partial charge < -0.3 is 9.73 Å². The molecular formula is C26H30N2O2. The van der Waals surface area contributed by atoms with Crippen LogP contribution >= 0.6 is 0 Å². The molecule has 0 spiro atoms. The Hall–Kier alpha value is -3.14. The number of hydrogen-bond donors (Lipinski definition) is 1. The summed E-state index contributed by atoms with van der Waals surface area (Å²) in [5.74, 6) is 0.209. The molecule has 3 rings (SSSR count). The largest absolute Gasteiger partial charge is 0.447 e. The number of aromatic nitrogens is 1. The van der Waals surface area contributed by atoms with Gasteiger partial charge >= 0.3 is 0 Å². The number of hydrogen-bond acceptors (Lipinski definition) is 3. The van der Waals surface area contributed by atoms with Gasteiger partial charge in [-0.05, 0) is 23.8 Å². The third kappa shape index (κ3) is 4.09. The van der Waals surface area contributed by atoms with Crippen molar-refractivity contribution in [3.63, 3.8) is 0 Å². The summed E-state index contributed by atoms with van der Waals surface area (Å²) in [6, 6.07) is 9.64. The fraction of sp³-hybridized carbons (Fsp3) is 0.308. The lowest BCUT2D eigenvalue weighted by Gasteiger charge is -2.37. The zero-order chi connectivity index (χ0) is 21.7. The van der Waals surface area contributed by atoms with Crippen molar-refractivity contribution in [3.05, 3.63) is 90.7 Å². The first-order valence-electron chi connectivity index (χ1n) is 10.4. The molecule has 0 saturated heterocycles. The van der Waals surface area contributed by atoms with Crippen molar-refractivity contribution in [3.8, 4) is 0 Å². The summed E-state index contributed by atoms with van der Waals surface area (Å²) in [4.78, 5) is 18.4. The van der Waals surface area contributed by atoms with Gasteiger partial charge in [0.2, 0.25) is 11.8 Å². The van der Waals surface area contributed by atoms with Gasteiger partial charge in [0.25, 0.3) is 0 Å². The molecule has 4 heteroatoms. The summed E-state index contributed by atoms with van der Waals surface area (Å²) in [6.45, 7) is 12.2. The average molecular weight is 403 g/mol. The molecule has 1 aliphatic rings. The zero-order valence-corrected chi connectivity index (χ0v) is 18.2. The molecule has 1 heterocycles. The second-order valence-electron chi connectivity index (χ2n) is 8.20. The highest BCUT2D eigenvalue weighted by atomic mass is 16.3. The predicted octanol–water partition coefficient (Wildman–Crippen LogP) is 5.91. The molecule has 30 heavy (non-hydrogen) atoms. The summed E-state index contributed by atoms with van der Waals surface area (Å²) < 4.78 is 5.95. The average Bonchev–Trinajstić information content (AvgIpc) is 3.03. The molecule has 0 fully saturated rings. The Morgan fingerprint density at radius 1 is 1.13 bits per heavy atom. The summed E-state index contributed by atoms with van der Waals surface area (Å²) in [5.41, 5.74) is 2.21. The van der Waals surface area contributed by atoms with Gasteiger partial charge in [-0.15, -0.1) is 0 Å². The molecule has 0 atom stereocenters. The van der Waals surface area contributed by atoms with Gasteiger partial charge in [0.15, 0.2) is 0 Å². The number of benzene rings is 1. The van der Waals surface area contributed by atoms with E-state index in [2.05, 4.69) is 24.0 Å². The van der Waals surface area contributed by atoms with Crippen LogP contribution in [-0.4, -0.2) is 10.9 Å². The molecule has 0 unspecified atom stereocenters. The Bertz CT molecular complexity index is 983. The van der Waals surface area contributed by atoms with Gasteiger partial charge in [0.05, 0.1) is 0 Å². The van der Waals surface area contributed by atoms with Crippen LogP contribution in [0.3, 0.4) is 0 Å². The number of nitrogens with zero attached hydrogens (tertiary/aromatic N) is 1. The number of allylic oxidation sites excluding steroid dienone is 6. The smallest absolute Gasteiger partial charge is 0.240 e. The number of amides is 1. The maximum Gasteiger partial charge on any atom is 0.240 e. The highest BCUT2D eigenvalue weighted by Crippen LogP contribution is 2.40. The van der Waals surface area contributed by atoms with Crippen molar-refractivity contribution in [2.75, 3.05) is 0 Å². The van der Waals surface area contributed by atoms with Crippen LogP contribution in [0.5, 0.6) is 0 Å². The minimum atomic E-state index is -0.930. The van der Waals surface area contributed by atoms with Crippen LogP contribution in [-0.2, 0) is 10.2 Å². The van der Waals surface area contributed by atoms with Gasteiger partial charge in [-0.2, -0.15) is 0 Å². The minimum absolute atomic E-state index is 0.0360. The third-order valence-corrected chi connectivity index (χ3v) is 5.72. The highest BCUT2D eigenvalue weighted by molar-refractivity contribution is 5.94. The molecule has 0 bridgehead atoms. The highest BCUT2D eigenvalue weighted by Gasteiger charge is 2.50. The first kappa shape index (κ1) is 21.6. The first-order valence-corrected chi connectivity index (χ1v) is 10.4. The molecule has 4 nitrogen and oxygen atoms in total. The monoisotopic (exact) mass is 402 g/mol. The second kappa shape index (κ2) is 9.12. The lowest BCUT2D eigenvalue weighted by Crippen LogP contribution is -2.51. The van der Waals surface area contributed by atoms with Gasteiger partial charge in [-0.25, -0.2) is 4.98 Å². The SMILES string of the molecule is C=C(NC(=O)C(c1nc(C2=CC=CCC=C2)co1)(C(C)C)C(C)C)c1ccccc1. The first-order chi connectivity index (χ1) is 14.4. The lowest BCUT2D eigenvalue weighted by molar-refractivity contribution is -0.130. The van der Waals surface area contributed by atoms with Crippen molar-refractivity contribution >= 4 is 17.2 Å². The molecule has 2 aromatic rings. The van der Waals surface area contributed by atoms with Gasteiger partial charge in [0, 0.05) is 11.3 Å². The third-order valence-electron chi connectivity index (χ3n) is 5.72. The van der Waals surface area contributed by atoms with Crippen molar-refractivity contribution in [1.29, 1.82) is 0 Å². The fourth-order valence-corrected chi connectivity index (χ4v) is 4.08. The summed E-state index contributed by atoms with van der Waals surface area (Å²) in [6.07, 6.45) is 12.7. The van der Waals surface area contributed by atoms with Crippen LogP contribution in [0.1, 0.15) is 51.3 Å². The summed E-state index contributed by atoms with van der Waals surface area (Å²) in [5, 5.41) is 3.02. The Morgan fingerprint density at radius 3 is 2.50 bits per heavy atom. The van der Waals surface area contributed by atoms with Crippen LogP contribution in [0, 0.1) is 11.8 Å². The molecular weight excluding hydrogens is 372 g/mol. The van der Waals surface area contributed by atoms with E-state index >= 15 is 0 Å². The Labute approximate surface area is 179 Å². The lowest BCUT2D eigenvalue weighted by atomic mass is 9.67. The predicted molar refractivity (Wildman–Crippen MR) is 122 cm³/mol. The molecule has 1 amide bonds. The van der Waals surface area contributed by atoms with Crippen LogP contribution in [0.15, 0.2) is 78.0 Å². The van der Waals surface area contributed by atoms with Gasteiger partial charge in [-0.1, -0.05) is 95.0 Å². The second-order valence-corrected chi connectivity index (χ2v) is 8.20. The van der Waals surface area contributed by atoms with Crippen LogP contribution in [0.2, 0.25) is 0 Å². The molecule has 1 N–H and O–H groups in total. The molecule has 1 aliphatic carbocycles. The molecule has 1 aromatic carbocycles. The Balaban J connectivity index is 1.98. The maximum atomic E-state index is 13.7. The van der Waals surface area contributed by atoms with E-state index in [0.29, 0.717) is 11.6 Å². The zero-order valence-electron chi connectivity index (χ0n) is 18.2. The van der Waals surface area contributed by atoms with E-state index in [4.69, 9.17) is 9.40 Å². The van der Waals surface area contributed by atoms with E-state index in [-0.39, 0.29) is 17.7 Å². The van der Waals surface area contributed by atoms with Crippen molar-refractivity contribution in [1.82, 2.24) is 10.3 Å². The van der Waals surface area contributed by atoms with Crippen LogP contribution < -0.4 is 5.32 Å². The van der Waals surface area contributed by atoms with Crippen molar-refractivity contribution < 1.29 is 9.21 Å². The molecule has 0 radical (unpaired) electrons.